The van der Waals surface area contributed by atoms with E-state index in [0.29, 0.717) is 0 Å². The third kappa shape index (κ3) is 2.99. The van der Waals surface area contributed by atoms with E-state index in [2.05, 4.69) is 4.72 Å². The first-order valence-corrected chi connectivity index (χ1v) is 8.47. The first-order chi connectivity index (χ1) is 8.50. The minimum Gasteiger partial charge on any atom is -0.195 e. The van der Waals surface area contributed by atoms with E-state index < -0.39 is 10.2 Å². The van der Waals surface area contributed by atoms with Crippen molar-refractivity contribution in [1.29, 1.82) is 0 Å². The predicted octanol–water partition coefficient (Wildman–Crippen LogP) is 2.30. The van der Waals surface area contributed by atoms with Crippen molar-refractivity contribution in [2.75, 3.05) is 14.1 Å². The minimum absolute atomic E-state index is 0.308. The fourth-order valence-corrected chi connectivity index (χ4v) is 3.99. The molecule has 0 saturated heterocycles. The molecule has 98 valence electrons. The molecule has 18 heavy (non-hydrogen) atoms. The van der Waals surface area contributed by atoms with Crippen LogP contribution in [-0.4, -0.2) is 26.8 Å². The Labute approximate surface area is 115 Å². The lowest BCUT2D eigenvalue weighted by atomic mass is 10.2. The SMILES string of the molecule is CN(C)S(=O)(=O)NC(c1cccs1)c1cccs1. The van der Waals surface area contributed by atoms with E-state index in [4.69, 9.17) is 0 Å². The lowest BCUT2D eigenvalue weighted by molar-refractivity contribution is 0.499. The van der Waals surface area contributed by atoms with E-state index in [9.17, 15) is 8.42 Å². The van der Waals surface area contributed by atoms with Gasteiger partial charge in [0.15, 0.2) is 0 Å². The van der Waals surface area contributed by atoms with Gasteiger partial charge in [-0.2, -0.15) is 17.4 Å². The highest BCUT2D eigenvalue weighted by atomic mass is 32.2. The molecule has 0 aliphatic carbocycles. The molecule has 4 nitrogen and oxygen atoms in total. The van der Waals surface area contributed by atoms with Gasteiger partial charge < -0.3 is 0 Å². The molecular weight excluding hydrogens is 288 g/mol. The van der Waals surface area contributed by atoms with Crippen molar-refractivity contribution in [2.24, 2.45) is 0 Å². The van der Waals surface area contributed by atoms with E-state index in [1.165, 1.54) is 18.4 Å². The highest BCUT2D eigenvalue weighted by Crippen LogP contribution is 2.29. The molecule has 0 aliphatic heterocycles. The van der Waals surface area contributed by atoms with Crippen molar-refractivity contribution in [3.63, 3.8) is 0 Å². The van der Waals surface area contributed by atoms with Crippen molar-refractivity contribution in [1.82, 2.24) is 9.03 Å². The van der Waals surface area contributed by atoms with E-state index in [1.54, 1.807) is 22.7 Å². The maximum atomic E-state index is 12.0. The van der Waals surface area contributed by atoms with E-state index in [-0.39, 0.29) is 6.04 Å². The van der Waals surface area contributed by atoms with Gasteiger partial charge in [0.2, 0.25) is 0 Å². The van der Waals surface area contributed by atoms with E-state index in [1.807, 2.05) is 35.0 Å². The van der Waals surface area contributed by atoms with Crippen molar-refractivity contribution in [3.8, 4) is 0 Å². The highest BCUT2D eigenvalue weighted by Gasteiger charge is 2.24. The van der Waals surface area contributed by atoms with E-state index >= 15 is 0 Å². The van der Waals surface area contributed by atoms with Crippen LogP contribution < -0.4 is 4.72 Å². The van der Waals surface area contributed by atoms with Crippen LogP contribution in [0, 0.1) is 0 Å². The van der Waals surface area contributed by atoms with Crippen LogP contribution in [0.15, 0.2) is 35.0 Å². The Hall–Kier alpha value is -0.730. The molecule has 2 rings (SSSR count). The zero-order valence-electron chi connectivity index (χ0n) is 10.0. The normalized spacial score (nSPS) is 12.4. The van der Waals surface area contributed by atoms with Gasteiger partial charge in [0.25, 0.3) is 10.2 Å². The Morgan fingerprint density at radius 2 is 1.61 bits per heavy atom. The summed E-state index contributed by atoms with van der Waals surface area (Å²) < 4.78 is 27.8. The standard InChI is InChI=1S/C11H14N2O2S3/c1-13(2)18(14,15)12-11(9-5-3-7-16-9)10-6-4-8-17-10/h3-8,11-12H,1-2H3. The molecule has 0 unspecified atom stereocenters. The molecule has 0 saturated carbocycles. The molecule has 0 amide bonds. The Kier molecular flexibility index (Phi) is 4.18. The lowest BCUT2D eigenvalue weighted by Crippen LogP contribution is -2.37. The van der Waals surface area contributed by atoms with Gasteiger partial charge in [-0.25, -0.2) is 0 Å². The van der Waals surface area contributed by atoms with Crippen molar-refractivity contribution in [3.05, 3.63) is 44.8 Å². The first kappa shape index (κ1) is 13.7. The molecule has 1 N–H and O–H groups in total. The molecular formula is C11H14N2O2S3. The second kappa shape index (κ2) is 5.50. The van der Waals surface area contributed by atoms with Crippen LogP contribution in [-0.2, 0) is 10.2 Å². The van der Waals surface area contributed by atoms with Crippen LogP contribution in [0.3, 0.4) is 0 Å². The molecule has 2 heterocycles. The van der Waals surface area contributed by atoms with Gasteiger partial charge in [-0.3, -0.25) is 0 Å². The molecule has 0 aliphatic rings. The quantitative estimate of drug-likeness (QED) is 0.921. The highest BCUT2D eigenvalue weighted by molar-refractivity contribution is 7.87. The van der Waals surface area contributed by atoms with Gasteiger partial charge in [-0.15, -0.1) is 22.7 Å². The fraction of sp³-hybridized carbons (Fsp3) is 0.273. The van der Waals surface area contributed by atoms with Crippen molar-refractivity contribution < 1.29 is 8.42 Å². The van der Waals surface area contributed by atoms with Crippen LogP contribution in [0.5, 0.6) is 0 Å². The zero-order valence-corrected chi connectivity index (χ0v) is 12.5. The van der Waals surface area contributed by atoms with Gasteiger partial charge in [-0.05, 0) is 22.9 Å². The Morgan fingerprint density at radius 1 is 1.11 bits per heavy atom. The monoisotopic (exact) mass is 302 g/mol. The molecule has 0 radical (unpaired) electrons. The van der Waals surface area contributed by atoms with Gasteiger partial charge in [0.05, 0.1) is 6.04 Å². The van der Waals surface area contributed by atoms with Gasteiger partial charge in [0, 0.05) is 23.8 Å². The summed E-state index contributed by atoms with van der Waals surface area (Å²) in [6, 6.07) is 7.41. The lowest BCUT2D eigenvalue weighted by Gasteiger charge is -2.19. The van der Waals surface area contributed by atoms with Gasteiger partial charge in [0.1, 0.15) is 0 Å². The van der Waals surface area contributed by atoms with Crippen LogP contribution >= 0.6 is 22.7 Å². The summed E-state index contributed by atoms with van der Waals surface area (Å²) >= 11 is 3.09. The smallest absolute Gasteiger partial charge is 0.195 e. The van der Waals surface area contributed by atoms with Crippen molar-refractivity contribution in [2.45, 2.75) is 6.04 Å². The summed E-state index contributed by atoms with van der Waals surface area (Å²) in [6.45, 7) is 0. The number of hydrogen-bond acceptors (Lipinski definition) is 4. The van der Waals surface area contributed by atoms with Crippen LogP contribution in [0.2, 0.25) is 0 Å². The Balaban J connectivity index is 2.33. The second-order valence-electron chi connectivity index (χ2n) is 3.87. The maximum absolute atomic E-state index is 12.0. The number of thiophene rings is 2. The fourth-order valence-electron chi connectivity index (χ4n) is 1.42. The van der Waals surface area contributed by atoms with E-state index in [0.717, 1.165) is 9.75 Å². The molecule has 0 spiro atoms. The Morgan fingerprint density at radius 3 is 1.94 bits per heavy atom. The first-order valence-electron chi connectivity index (χ1n) is 5.27. The molecule has 0 fully saturated rings. The minimum atomic E-state index is -3.45. The van der Waals surface area contributed by atoms with Gasteiger partial charge >= 0.3 is 0 Å². The van der Waals surface area contributed by atoms with Gasteiger partial charge in [-0.1, -0.05) is 12.1 Å². The summed E-state index contributed by atoms with van der Waals surface area (Å²) in [6.07, 6.45) is 0. The summed E-state index contributed by atoms with van der Waals surface area (Å²) in [5.74, 6) is 0. The summed E-state index contributed by atoms with van der Waals surface area (Å²) in [5, 5.41) is 3.89. The topological polar surface area (TPSA) is 49.4 Å². The number of rotatable bonds is 5. The third-order valence-corrected chi connectivity index (χ3v) is 5.77. The molecule has 0 aromatic carbocycles. The zero-order chi connectivity index (χ0) is 13.2. The number of hydrogen-bond donors (Lipinski definition) is 1. The summed E-state index contributed by atoms with van der Waals surface area (Å²) in [4.78, 5) is 1.98. The summed E-state index contributed by atoms with van der Waals surface area (Å²) in [7, 11) is -0.421. The predicted molar refractivity (Wildman–Crippen MR) is 76.2 cm³/mol. The molecule has 0 bridgehead atoms. The van der Waals surface area contributed by atoms with Crippen LogP contribution in [0.25, 0.3) is 0 Å². The molecule has 0 atom stereocenters. The molecule has 2 aromatic rings. The molecule has 2 aromatic heterocycles. The average Bonchev–Trinajstić information content (AvgIpc) is 2.99. The second-order valence-corrected chi connectivity index (χ2v) is 7.74. The average molecular weight is 302 g/mol. The largest absolute Gasteiger partial charge is 0.279 e. The van der Waals surface area contributed by atoms with Crippen molar-refractivity contribution >= 4 is 32.9 Å². The number of nitrogens with zero attached hydrogens (tertiary/aromatic N) is 1. The maximum Gasteiger partial charge on any atom is 0.279 e. The van der Waals surface area contributed by atoms with Crippen LogP contribution in [0.1, 0.15) is 15.8 Å². The Bertz CT molecular complexity index is 540. The number of nitrogens with one attached hydrogen (secondary N) is 1. The third-order valence-electron chi connectivity index (χ3n) is 2.40. The summed E-state index contributed by atoms with van der Waals surface area (Å²) in [5.41, 5.74) is 0. The molecule has 7 heteroatoms. The van der Waals surface area contributed by atoms with Crippen LogP contribution in [0.4, 0.5) is 0 Å².